The van der Waals surface area contributed by atoms with Gasteiger partial charge < -0.3 is 9.72 Å². The second kappa shape index (κ2) is 9.47. The lowest BCUT2D eigenvalue weighted by Gasteiger charge is -2.30. The molecule has 35 heavy (non-hydrogen) atoms. The van der Waals surface area contributed by atoms with Crippen molar-refractivity contribution < 1.29 is 26.3 Å². The number of fused-ring (bicyclic) bond motifs is 1. The Morgan fingerprint density at radius 2 is 2.00 bits per heavy atom. The summed E-state index contributed by atoms with van der Waals surface area (Å²) in [6.07, 6.45) is -0.264. The first-order valence-corrected chi connectivity index (χ1v) is 12.9. The number of sulfonamides is 1. The summed E-state index contributed by atoms with van der Waals surface area (Å²) in [6, 6.07) is 5.69. The number of ether oxygens (including phenoxy) is 1. The van der Waals surface area contributed by atoms with Crippen molar-refractivity contribution in [2.75, 3.05) is 26.0 Å². The molecule has 0 bridgehead atoms. The molecule has 0 radical (unpaired) electrons. The molecule has 3 aromatic rings. The molecule has 12 heteroatoms. The molecule has 4 rings (SSSR count). The number of H-pyrrole nitrogens is 1. The molecule has 8 nitrogen and oxygen atoms in total. The number of hydrogen-bond donors (Lipinski definition) is 1. The van der Waals surface area contributed by atoms with Crippen LogP contribution < -0.4 is 4.74 Å². The van der Waals surface area contributed by atoms with E-state index in [4.69, 9.17) is 4.74 Å². The summed E-state index contributed by atoms with van der Waals surface area (Å²) in [6.45, 7) is 2.60. The number of alkyl halides is 3. The largest absolute Gasteiger partial charge is 0.493 e. The third-order valence-electron chi connectivity index (χ3n) is 6.31. The molecule has 0 amide bonds. The molecule has 0 unspecified atom stereocenters. The van der Waals surface area contributed by atoms with E-state index in [-0.39, 0.29) is 35.2 Å². The smallest absolute Gasteiger partial charge is 0.419 e. The van der Waals surface area contributed by atoms with Crippen LogP contribution in [0.3, 0.4) is 0 Å². The first kappa shape index (κ1) is 24.9. The van der Waals surface area contributed by atoms with E-state index >= 15 is 0 Å². The van der Waals surface area contributed by atoms with Gasteiger partial charge in [0.05, 0.1) is 36.0 Å². The fourth-order valence-corrected chi connectivity index (χ4v) is 5.25. The zero-order valence-electron chi connectivity index (χ0n) is 19.2. The maximum absolute atomic E-state index is 13.9. The average Bonchev–Trinajstić information content (AvgIpc) is 3.29. The van der Waals surface area contributed by atoms with Crippen LogP contribution in [0.1, 0.15) is 36.1 Å². The average molecular weight is 508 g/mol. The zero-order valence-corrected chi connectivity index (χ0v) is 20.0. The Morgan fingerprint density at radius 3 is 2.63 bits per heavy atom. The summed E-state index contributed by atoms with van der Waals surface area (Å²) in [7, 11) is -3.23. The standard InChI is InChI=1S/C23H24F3N5O3S/c1-14-20(30-18(12-27)22-21(14)28-13-29-22)16-3-4-19(17(11-16)23(24,25)26)34-10-7-15-5-8-31(9-6-15)35(2,32)33/h3-4,11,13,15H,5-10H2,1-2H3,(H,28,29). The first-order valence-electron chi connectivity index (χ1n) is 11.0. The van der Waals surface area contributed by atoms with Crippen molar-refractivity contribution >= 4 is 21.1 Å². The van der Waals surface area contributed by atoms with Gasteiger partial charge in [0.15, 0.2) is 5.69 Å². The molecule has 186 valence electrons. The lowest BCUT2D eigenvalue weighted by atomic mass is 9.95. The van der Waals surface area contributed by atoms with Gasteiger partial charge >= 0.3 is 6.18 Å². The Hall–Kier alpha value is -3.17. The van der Waals surface area contributed by atoms with Gasteiger partial charge in [-0.25, -0.2) is 22.7 Å². The number of aromatic nitrogens is 3. The normalized spacial score (nSPS) is 15.9. The van der Waals surface area contributed by atoms with Crippen molar-refractivity contribution in [3.63, 3.8) is 0 Å². The molecule has 3 heterocycles. The van der Waals surface area contributed by atoms with E-state index in [2.05, 4.69) is 15.0 Å². The molecule has 1 aromatic carbocycles. The number of pyridine rings is 1. The number of aromatic amines is 1. The zero-order chi connectivity index (χ0) is 25.4. The van der Waals surface area contributed by atoms with Gasteiger partial charge in [-0.3, -0.25) is 0 Å². The van der Waals surface area contributed by atoms with Crippen LogP contribution in [-0.4, -0.2) is 53.6 Å². The predicted octanol–water partition coefficient (Wildman–Crippen LogP) is 4.26. The molecule has 0 saturated carbocycles. The maximum atomic E-state index is 13.9. The van der Waals surface area contributed by atoms with Gasteiger partial charge in [-0.1, -0.05) is 0 Å². The van der Waals surface area contributed by atoms with E-state index in [1.165, 1.54) is 29.0 Å². The molecule has 0 spiro atoms. The third-order valence-corrected chi connectivity index (χ3v) is 7.61. The van der Waals surface area contributed by atoms with E-state index in [9.17, 15) is 26.9 Å². The summed E-state index contributed by atoms with van der Waals surface area (Å²) in [5, 5.41) is 9.40. The van der Waals surface area contributed by atoms with Crippen LogP contribution >= 0.6 is 0 Å². The molecule has 1 aliphatic heterocycles. The van der Waals surface area contributed by atoms with Gasteiger partial charge in [0.25, 0.3) is 0 Å². The van der Waals surface area contributed by atoms with Gasteiger partial charge in [0.2, 0.25) is 10.0 Å². The minimum Gasteiger partial charge on any atom is -0.493 e. The van der Waals surface area contributed by atoms with Crippen LogP contribution in [0, 0.1) is 24.2 Å². The maximum Gasteiger partial charge on any atom is 0.419 e. The molecule has 0 aliphatic carbocycles. The number of aryl methyl sites for hydroxylation is 1. The Kier molecular flexibility index (Phi) is 6.75. The van der Waals surface area contributed by atoms with E-state index in [0.29, 0.717) is 48.9 Å². The lowest BCUT2D eigenvalue weighted by molar-refractivity contribution is -0.138. The number of benzene rings is 1. The van der Waals surface area contributed by atoms with Gasteiger partial charge in [-0.2, -0.15) is 18.4 Å². The minimum absolute atomic E-state index is 0.0256. The second-order valence-corrected chi connectivity index (χ2v) is 10.6. The van der Waals surface area contributed by atoms with E-state index < -0.39 is 21.8 Å². The molecule has 1 fully saturated rings. The van der Waals surface area contributed by atoms with Crippen LogP contribution in [0.2, 0.25) is 0 Å². The quantitative estimate of drug-likeness (QED) is 0.534. The van der Waals surface area contributed by atoms with Crippen LogP contribution in [0.25, 0.3) is 22.3 Å². The topological polar surface area (TPSA) is 112 Å². The molecular weight excluding hydrogens is 483 g/mol. The van der Waals surface area contributed by atoms with Gasteiger partial charge in [-0.15, -0.1) is 0 Å². The van der Waals surface area contributed by atoms with Crippen LogP contribution in [0.15, 0.2) is 24.5 Å². The van der Waals surface area contributed by atoms with Gasteiger partial charge in [-0.05, 0) is 50.3 Å². The number of halogens is 3. The van der Waals surface area contributed by atoms with Crippen molar-refractivity contribution in [1.29, 1.82) is 5.26 Å². The van der Waals surface area contributed by atoms with Crippen LogP contribution in [-0.2, 0) is 16.2 Å². The van der Waals surface area contributed by atoms with Crippen LogP contribution in [0.5, 0.6) is 5.75 Å². The highest BCUT2D eigenvalue weighted by Crippen LogP contribution is 2.40. The van der Waals surface area contributed by atoms with Crippen molar-refractivity contribution in [3.8, 4) is 23.1 Å². The SMILES string of the molecule is Cc1c(-c2ccc(OCCC3CCN(S(C)(=O)=O)CC3)c(C(F)(F)F)c2)nc(C#N)c2nc[nH]c12. The van der Waals surface area contributed by atoms with Crippen LogP contribution in [0.4, 0.5) is 13.2 Å². The van der Waals surface area contributed by atoms with Crippen molar-refractivity contribution in [2.24, 2.45) is 5.92 Å². The predicted molar refractivity (Wildman–Crippen MR) is 123 cm³/mol. The van der Waals surface area contributed by atoms with E-state index in [1.807, 2.05) is 6.07 Å². The Morgan fingerprint density at radius 1 is 1.29 bits per heavy atom. The highest BCUT2D eigenvalue weighted by atomic mass is 32.2. The van der Waals surface area contributed by atoms with Gasteiger partial charge in [0.1, 0.15) is 17.3 Å². The Balaban J connectivity index is 1.53. The molecule has 0 atom stereocenters. The number of piperidine rings is 1. The molecular formula is C23H24F3N5O3S. The summed E-state index contributed by atoms with van der Waals surface area (Å²) in [4.78, 5) is 11.2. The first-order chi connectivity index (χ1) is 16.5. The van der Waals surface area contributed by atoms with Crippen molar-refractivity contribution in [2.45, 2.75) is 32.4 Å². The second-order valence-electron chi connectivity index (χ2n) is 8.62. The summed E-state index contributed by atoms with van der Waals surface area (Å²) >= 11 is 0. The number of rotatable bonds is 6. The van der Waals surface area contributed by atoms with Gasteiger partial charge in [0, 0.05) is 24.2 Å². The van der Waals surface area contributed by atoms with E-state index in [0.717, 1.165) is 6.07 Å². The summed E-state index contributed by atoms with van der Waals surface area (Å²) < 4.78 is 71.9. The fraction of sp³-hybridized carbons (Fsp3) is 0.435. The summed E-state index contributed by atoms with van der Waals surface area (Å²) in [5.41, 5.74) is 1.06. The molecule has 2 aromatic heterocycles. The van der Waals surface area contributed by atoms with Crippen molar-refractivity contribution in [3.05, 3.63) is 41.3 Å². The van der Waals surface area contributed by atoms with Crippen molar-refractivity contribution in [1.82, 2.24) is 19.3 Å². The Bertz CT molecular complexity index is 1390. The number of hydrogen-bond acceptors (Lipinski definition) is 6. The fourth-order valence-electron chi connectivity index (χ4n) is 4.38. The number of nitriles is 1. The number of imidazole rings is 1. The number of nitrogens with zero attached hydrogens (tertiary/aromatic N) is 4. The highest BCUT2D eigenvalue weighted by Gasteiger charge is 2.35. The molecule has 1 saturated heterocycles. The molecule has 1 aliphatic rings. The van der Waals surface area contributed by atoms with E-state index in [1.54, 1.807) is 6.92 Å². The lowest BCUT2D eigenvalue weighted by Crippen LogP contribution is -2.38. The minimum atomic E-state index is -4.66. The third kappa shape index (κ3) is 5.26. The Labute approximate surface area is 200 Å². The molecule has 1 N–H and O–H groups in total. The summed E-state index contributed by atoms with van der Waals surface area (Å²) in [5.74, 6) is -0.102. The number of nitrogens with one attached hydrogen (secondary N) is 1. The monoisotopic (exact) mass is 507 g/mol. The highest BCUT2D eigenvalue weighted by molar-refractivity contribution is 7.88.